The molecule has 152 valence electrons. The zero-order valence-electron chi connectivity index (χ0n) is 16.6. The molecular formula is C23H23N5OS. The Balaban J connectivity index is 1.64. The van der Waals surface area contributed by atoms with Gasteiger partial charge in [0.05, 0.1) is 31.0 Å². The van der Waals surface area contributed by atoms with Crippen molar-refractivity contribution in [2.75, 3.05) is 37.7 Å². The summed E-state index contributed by atoms with van der Waals surface area (Å²) in [5, 5.41) is 17.9. The average molecular weight is 418 g/mol. The van der Waals surface area contributed by atoms with Crippen molar-refractivity contribution in [2.45, 2.75) is 16.2 Å². The van der Waals surface area contributed by atoms with Crippen LogP contribution >= 0.6 is 11.8 Å². The fourth-order valence-corrected chi connectivity index (χ4v) is 4.40. The second-order valence-corrected chi connectivity index (χ2v) is 8.12. The highest BCUT2D eigenvalue weighted by Gasteiger charge is 2.15. The first-order chi connectivity index (χ1) is 14.8. The minimum atomic E-state index is 0.636. The summed E-state index contributed by atoms with van der Waals surface area (Å²) >= 11 is 1.60. The molecule has 3 aromatic rings. The molecule has 2 N–H and O–H groups in total. The minimum absolute atomic E-state index is 0.636. The number of anilines is 1. The fourth-order valence-electron chi connectivity index (χ4n) is 3.40. The summed E-state index contributed by atoms with van der Waals surface area (Å²) in [6.45, 7) is 3.67. The van der Waals surface area contributed by atoms with E-state index in [1.807, 2.05) is 18.2 Å². The van der Waals surface area contributed by atoms with E-state index in [2.05, 4.69) is 51.5 Å². The molecule has 1 aromatic heterocycles. The summed E-state index contributed by atoms with van der Waals surface area (Å²) in [6.07, 6.45) is 2.63. The minimum Gasteiger partial charge on any atom is -0.378 e. The number of nitriles is 1. The van der Waals surface area contributed by atoms with Gasteiger partial charge in [-0.2, -0.15) is 10.4 Å². The molecule has 0 radical (unpaired) electrons. The van der Waals surface area contributed by atoms with E-state index < -0.39 is 0 Å². The van der Waals surface area contributed by atoms with Crippen molar-refractivity contribution in [3.05, 3.63) is 65.9 Å². The summed E-state index contributed by atoms with van der Waals surface area (Å²) in [7, 11) is 0. The lowest BCUT2D eigenvalue weighted by molar-refractivity contribution is 0.122. The van der Waals surface area contributed by atoms with Crippen LogP contribution in [0.3, 0.4) is 0 Å². The van der Waals surface area contributed by atoms with Crippen molar-refractivity contribution in [1.82, 2.24) is 10.2 Å². The molecule has 1 saturated heterocycles. The van der Waals surface area contributed by atoms with Crippen molar-refractivity contribution in [2.24, 2.45) is 5.73 Å². The number of aromatic nitrogens is 2. The van der Waals surface area contributed by atoms with Gasteiger partial charge < -0.3 is 15.4 Å². The topological polar surface area (TPSA) is 88.1 Å². The summed E-state index contributed by atoms with van der Waals surface area (Å²) in [5.74, 6) is 0.854. The second kappa shape index (κ2) is 9.72. The van der Waals surface area contributed by atoms with E-state index in [1.165, 1.54) is 5.56 Å². The number of nitrogens with two attached hydrogens (primary N) is 1. The monoisotopic (exact) mass is 417 g/mol. The number of hydrogen-bond donors (Lipinski definition) is 1. The highest BCUT2D eigenvalue weighted by atomic mass is 32.2. The molecule has 0 aliphatic carbocycles. The summed E-state index contributed by atoms with van der Waals surface area (Å²) in [4.78, 5) is 4.19. The van der Waals surface area contributed by atoms with E-state index in [0.717, 1.165) is 46.2 Å². The Morgan fingerprint density at radius 3 is 2.63 bits per heavy atom. The molecule has 0 atom stereocenters. The molecule has 0 spiro atoms. The van der Waals surface area contributed by atoms with Crippen molar-refractivity contribution in [3.63, 3.8) is 0 Å². The van der Waals surface area contributed by atoms with Crippen molar-refractivity contribution >= 4 is 17.6 Å². The Bertz CT molecular complexity index is 1040. The third kappa shape index (κ3) is 4.79. The Labute approximate surface area is 180 Å². The van der Waals surface area contributed by atoms with Crippen molar-refractivity contribution in [1.29, 1.82) is 5.26 Å². The molecule has 1 aliphatic heterocycles. The van der Waals surface area contributed by atoms with Crippen LogP contribution in [0.25, 0.3) is 11.1 Å². The maximum absolute atomic E-state index is 9.39. The van der Waals surface area contributed by atoms with Gasteiger partial charge in [0.2, 0.25) is 0 Å². The molecule has 6 nitrogen and oxygen atoms in total. The van der Waals surface area contributed by atoms with Crippen LogP contribution in [0.15, 0.2) is 64.5 Å². The fraction of sp³-hybridized carbons (Fsp3) is 0.261. The number of nitrogens with zero attached hydrogens (tertiary/aromatic N) is 4. The van der Waals surface area contributed by atoms with Gasteiger partial charge in [0.25, 0.3) is 0 Å². The third-order valence-electron chi connectivity index (χ3n) is 4.99. The molecule has 30 heavy (non-hydrogen) atoms. The number of morpholine rings is 1. The molecule has 2 heterocycles. The van der Waals surface area contributed by atoms with Gasteiger partial charge in [-0.05, 0) is 47.9 Å². The molecule has 1 aliphatic rings. The van der Waals surface area contributed by atoms with E-state index >= 15 is 0 Å². The third-order valence-corrected chi connectivity index (χ3v) is 6.00. The Kier molecular flexibility index (Phi) is 6.60. The molecule has 4 rings (SSSR count). The number of ether oxygens (including phenoxy) is 1. The molecule has 0 unspecified atom stereocenters. The van der Waals surface area contributed by atoms with Gasteiger partial charge in [-0.1, -0.05) is 42.1 Å². The molecule has 2 aromatic carbocycles. The van der Waals surface area contributed by atoms with Crippen LogP contribution in [0.1, 0.15) is 11.1 Å². The maximum atomic E-state index is 9.39. The van der Waals surface area contributed by atoms with Crippen LogP contribution < -0.4 is 10.6 Å². The normalized spacial score (nSPS) is 13.8. The molecule has 0 saturated carbocycles. The number of benzene rings is 2. The predicted octanol–water partition coefficient (Wildman–Crippen LogP) is 3.50. The first-order valence-corrected chi connectivity index (χ1v) is 10.8. The number of rotatable bonds is 6. The molecule has 0 bridgehead atoms. The van der Waals surface area contributed by atoms with Gasteiger partial charge in [0, 0.05) is 22.9 Å². The van der Waals surface area contributed by atoms with Crippen LogP contribution in [0.4, 0.5) is 5.82 Å². The van der Waals surface area contributed by atoms with Gasteiger partial charge in [-0.15, -0.1) is 5.10 Å². The molecule has 0 amide bonds. The largest absolute Gasteiger partial charge is 0.378 e. The SMILES string of the molecule is N#Cc1ccc(-c2ccc(CCN)cc2)c(Sc2cnnc(N3CCOCC3)c2)c1. The van der Waals surface area contributed by atoms with Crippen LogP contribution in [-0.2, 0) is 11.2 Å². The van der Waals surface area contributed by atoms with E-state index in [-0.39, 0.29) is 0 Å². The maximum Gasteiger partial charge on any atom is 0.152 e. The zero-order chi connectivity index (χ0) is 20.8. The zero-order valence-corrected chi connectivity index (χ0v) is 17.4. The van der Waals surface area contributed by atoms with E-state index in [4.69, 9.17) is 10.5 Å². The van der Waals surface area contributed by atoms with Crippen LogP contribution in [0.5, 0.6) is 0 Å². The van der Waals surface area contributed by atoms with Crippen LogP contribution in [0.2, 0.25) is 0 Å². The summed E-state index contributed by atoms with van der Waals surface area (Å²) in [6, 6.07) is 18.5. The highest BCUT2D eigenvalue weighted by molar-refractivity contribution is 7.99. The van der Waals surface area contributed by atoms with Gasteiger partial charge in [-0.3, -0.25) is 0 Å². The van der Waals surface area contributed by atoms with Crippen LogP contribution in [-0.4, -0.2) is 43.0 Å². The quantitative estimate of drug-likeness (QED) is 0.657. The summed E-state index contributed by atoms with van der Waals surface area (Å²) < 4.78 is 5.43. The molecule has 7 heteroatoms. The lowest BCUT2D eigenvalue weighted by atomic mass is 10.0. The predicted molar refractivity (Wildman–Crippen MR) is 119 cm³/mol. The smallest absolute Gasteiger partial charge is 0.152 e. The van der Waals surface area contributed by atoms with Gasteiger partial charge in [0.15, 0.2) is 5.82 Å². The van der Waals surface area contributed by atoms with Gasteiger partial charge in [0.1, 0.15) is 0 Å². The molecule has 1 fully saturated rings. The van der Waals surface area contributed by atoms with Crippen molar-refractivity contribution in [3.8, 4) is 17.2 Å². The number of hydrogen-bond acceptors (Lipinski definition) is 7. The lowest BCUT2D eigenvalue weighted by Gasteiger charge is -2.27. The van der Waals surface area contributed by atoms with E-state index in [1.54, 1.807) is 18.0 Å². The Morgan fingerprint density at radius 2 is 1.90 bits per heavy atom. The van der Waals surface area contributed by atoms with E-state index in [0.29, 0.717) is 25.3 Å². The second-order valence-electron chi connectivity index (χ2n) is 7.01. The summed E-state index contributed by atoms with van der Waals surface area (Å²) in [5.41, 5.74) is 9.71. The molecular weight excluding hydrogens is 394 g/mol. The lowest BCUT2D eigenvalue weighted by Crippen LogP contribution is -2.36. The van der Waals surface area contributed by atoms with Crippen molar-refractivity contribution < 1.29 is 4.74 Å². The Hall–Kier alpha value is -2.92. The highest BCUT2D eigenvalue weighted by Crippen LogP contribution is 2.37. The van der Waals surface area contributed by atoms with Gasteiger partial charge >= 0.3 is 0 Å². The average Bonchev–Trinajstić information content (AvgIpc) is 2.81. The van der Waals surface area contributed by atoms with Gasteiger partial charge in [-0.25, -0.2) is 0 Å². The van der Waals surface area contributed by atoms with Crippen LogP contribution in [0, 0.1) is 11.3 Å². The first-order valence-electron chi connectivity index (χ1n) is 9.93. The standard InChI is InChI=1S/C23H23N5OS/c24-8-7-17-1-4-19(5-2-17)21-6-3-18(15-25)13-22(21)30-20-14-23(27-26-16-20)28-9-11-29-12-10-28/h1-6,13-14,16H,7-12,24H2. The van der Waals surface area contributed by atoms with E-state index in [9.17, 15) is 5.26 Å². The first kappa shape index (κ1) is 20.4. The Morgan fingerprint density at radius 1 is 1.10 bits per heavy atom.